The highest BCUT2D eigenvalue weighted by Gasteiger charge is 2.40. The largest absolute Gasteiger partial charge is 0.497 e. The number of methoxy groups -OCH3 is 2. The Hall–Kier alpha value is -3.13. The Balaban J connectivity index is 1.91. The van der Waals surface area contributed by atoms with E-state index in [-0.39, 0.29) is 22.6 Å². The maximum absolute atomic E-state index is 13.2. The van der Waals surface area contributed by atoms with Gasteiger partial charge in [0.2, 0.25) is 5.91 Å². The van der Waals surface area contributed by atoms with Crippen LogP contribution in [-0.4, -0.2) is 35.2 Å². The fourth-order valence-electron chi connectivity index (χ4n) is 3.75. The Bertz CT molecular complexity index is 1150. The molecule has 0 unspecified atom stereocenters. The average molecular weight is 426 g/mol. The van der Waals surface area contributed by atoms with E-state index < -0.39 is 0 Å². The number of carbonyl (C=O) groups is 1. The number of thioether (sulfide) groups is 1. The third-order valence-electron chi connectivity index (χ3n) is 5.36. The monoisotopic (exact) mass is 425 g/mol. The number of aromatic nitrogens is 2. The maximum Gasteiger partial charge on any atom is 0.291 e. The van der Waals surface area contributed by atoms with Gasteiger partial charge in [-0.1, -0.05) is 30.3 Å². The lowest BCUT2D eigenvalue weighted by atomic mass is 10.1. The van der Waals surface area contributed by atoms with Crippen molar-refractivity contribution in [2.24, 2.45) is 14.1 Å². The van der Waals surface area contributed by atoms with Gasteiger partial charge in [-0.05, 0) is 12.1 Å². The van der Waals surface area contributed by atoms with Gasteiger partial charge in [0.1, 0.15) is 22.6 Å². The van der Waals surface area contributed by atoms with Gasteiger partial charge in [0.15, 0.2) is 0 Å². The number of carbonyl (C=O) groups excluding carboxylic acids is 1. The smallest absolute Gasteiger partial charge is 0.291 e. The second-order valence-corrected chi connectivity index (χ2v) is 8.02. The fourth-order valence-corrected chi connectivity index (χ4v) is 4.93. The van der Waals surface area contributed by atoms with E-state index in [1.54, 1.807) is 36.9 Å². The zero-order valence-corrected chi connectivity index (χ0v) is 18.1. The third-order valence-corrected chi connectivity index (χ3v) is 6.55. The van der Waals surface area contributed by atoms with Gasteiger partial charge in [-0.15, -0.1) is 11.8 Å². The van der Waals surface area contributed by atoms with Crippen LogP contribution in [0.3, 0.4) is 0 Å². The van der Waals surface area contributed by atoms with Gasteiger partial charge in [0.05, 0.1) is 25.7 Å². The Morgan fingerprint density at radius 3 is 2.37 bits per heavy atom. The summed E-state index contributed by atoms with van der Waals surface area (Å²) < 4.78 is 14.2. The lowest BCUT2D eigenvalue weighted by Crippen LogP contribution is -2.33. The highest BCUT2D eigenvalue weighted by atomic mass is 32.2. The van der Waals surface area contributed by atoms with Crippen molar-refractivity contribution in [1.29, 1.82) is 0 Å². The van der Waals surface area contributed by atoms with E-state index in [9.17, 15) is 9.59 Å². The van der Waals surface area contributed by atoms with Crippen molar-refractivity contribution in [2.45, 2.75) is 5.37 Å². The summed E-state index contributed by atoms with van der Waals surface area (Å²) in [6, 6.07) is 15.1. The molecule has 1 aromatic heterocycles. The molecule has 1 fully saturated rings. The zero-order valence-electron chi connectivity index (χ0n) is 17.3. The summed E-state index contributed by atoms with van der Waals surface area (Å²) in [4.78, 5) is 27.9. The number of hydrogen-bond donors (Lipinski definition) is 0. The van der Waals surface area contributed by atoms with Gasteiger partial charge >= 0.3 is 0 Å². The van der Waals surface area contributed by atoms with Crippen molar-refractivity contribution < 1.29 is 14.3 Å². The first-order chi connectivity index (χ1) is 14.5. The molecule has 7 nitrogen and oxygen atoms in total. The van der Waals surface area contributed by atoms with Crippen LogP contribution in [0.25, 0.3) is 11.3 Å². The molecular formula is C22H23N3O4S. The van der Waals surface area contributed by atoms with Crippen molar-refractivity contribution in [1.82, 2.24) is 9.36 Å². The molecule has 0 spiro atoms. The minimum Gasteiger partial charge on any atom is -0.497 e. The van der Waals surface area contributed by atoms with Crippen LogP contribution in [-0.2, 0) is 18.9 Å². The number of hydrogen-bond acceptors (Lipinski definition) is 5. The van der Waals surface area contributed by atoms with Crippen LogP contribution in [0.1, 0.15) is 10.9 Å². The number of rotatable bonds is 5. The van der Waals surface area contributed by atoms with E-state index in [1.807, 2.05) is 49.5 Å². The number of anilines is 1. The number of amides is 1. The summed E-state index contributed by atoms with van der Waals surface area (Å²) in [7, 11) is 6.70. The molecule has 3 aromatic rings. The first-order valence-corrected chi connectivity index (χ1v) is 10.5. The van der Waals surface area contributed by atoms with Crippen molar-refractivity contribution in [2.75, 3.05) is 24.9 Å². The molecule has 0 aliphatic carbocycles. The Morgan fingerprint density at radius 1 is 0.967 bits per heavy atom. The van der Waals surface area contributed by atoms with Crippen LogP contribution in [0.15, 0.2) is 53.3 Å². The van der Waals surface area contributed by atoms with E-state index in [0.29, 0.717) is 22.9 Å². The van der Waals surface area contributed by atoms with E-state index in [0.717, 1.165) is 11.1 Å². The molecule has 0 radical (unpaired) electrons. The van der Waals surface area contributed by atoms with E-state index in [2.05, 4.69) is 0 Å². The molecule has 0 saturated carbocycles. The van der Waals surface area contributed by atoms with E-state index >= 15 is 0 Å². The summed E-state index contributed by atoms with van der Waals surface area (Å²) in [5.41, 5.74) is 2.56. The summed E-state index contributed by atoms with van der Waals surface area (Å²) in [6.07, 6.45) is 0. The van der Waals surface area contributed by atoms with E-state index in [4.69, 9.17) is 9.47 Å². The summed E-state index contributed by atoms with van der Waals surface area (Å²) in [5, 5.41) is -0.379. The number of benzene rings is 2. The zero-order chi connectivity index (χ0) is 21.4. The SMILES string of the molecule is COc1ccc([C@@H]2SCC(=O)N2c2c(-c3ccccc3)n(C)n(C)c2=O)c(OC)c1. The topological polar surface area (TPSA) is 65.7 Å². The Labute approximate surface area is 178 Å². The predicted octanol–water partition coefficient (Wildman–Crippen LogP) is 3.19. The van der Waals surface area contributed by atoms with Crippen LogP contribution in [0.5, 0.6) is 11.5 Å². The lowest BCUT2D eigenvalue weighted by molar-refractivity contribution is -0.115. The van der Waals surface area contributed by atoms with Gasteiger partial charge in [0.25, 0.3) is 5.56 Å². The molecule has 1 atom stereocenters. The second-order valence-electron chi connectivity index (χ2n) is 6.95. The maximum atomic E-state index is 13.2. The van der Waals surface area contributed by atoms with Crippen LogP contribution >= 0.6 is 11.8 Å². The van der Waals surface area contributed by atoms with Crippen molar-refractivity contribution in [3.8, 4) is 22.8 Å². The fraction of sp³-hybridized carbons (Fsp3) is 0.273. The van der Waals surface area contributed by atoms with E-state index in [1.165, 1.54) is 16.4 Å². The first kappa shape index (κ1) is 20.2. The standard InChI is InChI=1S/C22H23N3O4S/c1-23-19(14-8-6-5-7-9-14)20(21(27)24(23)2)25-18(26)13-30-22(25)16-11-10-15(28-3)12-17(16)29-4/h5-12,22H,13H2,1-4H3/t22-/m0/s1. The number of nitrogens with zero attached hydrogens (tertiary/aromatic N) is 3. The highest BCUT2D eigenvalue weighted by Crippen LogP contribution is 2.46. The summed E-state index contributed by atoms with van der Waals surface area (Å²) in [6.45, 7) is 0. The molecule has 2 aromatic carbocycles. The minimum absolute atomic E-state index is 0.108. The first-order valence-electron chi connectivity index (χ1n) is 9.45. The molecule has 0 N–H and O–H groups in total. The molecular weight excluding hydrogens is 402 g/mol. The molecule has 8 heteroatoms. The quantitative estimate of drug-likeness (QED) is 0.628. The van der Waals surface area contributed by atoms with Crippen molar-refractivity contribution in [3.63, 3.8) is 0 Å². The van der Waals surface area contributed by atoms with Crippen molar-refractivity contribution >= 4 is 23.4 Å². The summed E-state index contributed by atoms with van der Waals surface area (Å²) in [5.74, 6) is 1.45. The van der Waals surface area contributed by atoms with Crippen LogP contribution in [0.2, 0.25) is 0 Å². The summed E-state index contributed by atoms with van der Waals surface area (Å²) >= 11 is 1.48. The molecule has 0 bridgehead atoms. The van der Waals surface area contributed by atoms with Crippen molar-refractivity contribution in [3.05, 3.63) is 64.4 Å². The minimum atomic E-state index is -0.379. The second kappa shape index (κ2) is 7.95. The van der Waals surface area contributed by atoms with Gasteiger partial charge in [0, 0.05) is 31.3 Å². The number of ether oxygens (including phenoxy) is 2. The third kappa shape index (κ3) is 3.17. The molecule has 2 heterocycles. The molecule has 1 amide bonds. The molecule has 1 aliphatic heterocycles. The lowest BCUT2D eigenvalue weighted by Gasteiger charge is -2.25. The average Bonchev–Trinajstić information content (AvgIpc) is 3.25. The molecule has 156 valence electrons. The van der Waals surface area contributed by atoms with Gasteiger partial charge in [-0.2, -0.15) is 0 Å². The van der Waals surface area contributed by atoms with Crippen LogP contribution in [0, 0.1) is 0 Å². The van der Waals surface area contributed by atoms with Gasteiger partial charge in [-0.25, -0.2) is 0 Å². The normalized spacial score (nSPS) is 16.2. The molecule has 1 aliphatic rings. The Kier molecular flexibility index (Phi) is 5.34. The van der Waals surface area contributed by atoms with Crippen LogP contribution in [0.4, 0.5) is 5.69 Å². The van der Waals surface area contributed by atoms with Gasteiger partial charge in [-0.3, -0.25) is 23.9 Å². The van der Waals surface area contributed by atoms with Crippen LogP contribution < -0.4 is 19.9 Å². The Morgan fingerprint density at radius 2 is 1.70 bits per heavy atom. The predicted molar refractivity (Wildman–Crippen MR) is 118 cm³/mol. The van der Waals surface area contributed by atoms with Gasteiger partial charge < -0.3 is 9.47 Å². The molecule has 4 rings (SSSR count). The molecule has 1 saturated heterocycles. The molecule has 30 heavy (non-hydrogen) atoms. The highest BCUT2D eigenvalue weighted by molar-refractivity contribution is 8.00.